The smallest absolute Gasteiger partial charge is 0.263 e. The zero-order valence-corrected chi connectivity index (χ0v) is 11.9. The van der Waals surface area contributed by atoms with Crippen molar-refractivity contribution in [1.29, 1.82) is 0 Å². The highest BCUT2D eigenvalue weighted by molar-refractivity contribution is 7.92. The Morgan fingerprint density at radius 1 is 1.25 bits per heavy atom. The summed E-state index contributed by atoms with van der Waals surface area (Å²) in [5.41, 5.74) is 6.69. The van der Waals surface area contributed by atoms with Crippen molar-refractivity contribution >= 4 is 21.5 Å². The molecule has 0 atom stereocenters. The molecule has 0 unspecified atom stereocenters. The van der Waals surface area contributed by atoms with Crippen LogP contribution in [0.25, 0.3) is 0 Å². The van der Waals surface area contributed by atoms with E-state index in [0.717, 1.165) is 5.56 Å². The van der Waals surface area contributed by atoms with Gasteiger partial charge in [0.15, 0.2) is 0 Å². The van der Waals surface area contributed by atoms with Crippen molar-refractivity contribution in [2.45, 2.75) is 11.8 Å². The number of pyridine rings is 1. The lowest BCUT2D eigenvalue weighted by molar-refractivity contribution is 0.414. The minimum atomic E-state index is -3.68. The molecule has 1 heterocycles. The first-order valence-corrected chi connectivity index (χ1v) is 7.29. The third-order valence-electron chi connectivity index (χ3n) is 2.75. The number of ether oxygens (including phenoxy) is 1. The molecule has 1 aromatic carbocycles. The van der Waals surface area contributed by atoms with Gasteiger partial charge in [-0.05, 0) is 42.8 Å². The van der Waals surface area contributed by atoms with Crippen molar-refractivity contribution in [3.63, 3.8) is 0 Å². The Labute approximate surface area is 117 Å². The average molecular weight is 293 g/mol. The van der Waals surface area contributed by atoms with Crippen molar-refractivity contribution in [3.8, 4) is 5.75 Å². The zero-order chi connectivity index (χ0) is 14.8. The number of aromatic nitrogens is 1. The molecule has 0 saturated heterocycles. The van der Waals surface area contributed by atoms with Gasteiger partial charge < -0.3 is 10.5 Å². The van der Waals surface area contributed by atoms with Crippen molar-refractivity contribution in [2.75, 3.05) is 17.6 Å². The molecule has 0 aliphatic rings. The maximum Gasteiger partial charge on any atom is 0.263 e. The van der Waals surface area contributed by atoms with Gasteiger partial charge in [0.25, 0.3) is 10.0 Å². The number of nitrogens with zero attached hydrogens (tertiary/aromatic N) is 1. The summed E-state index contributed by atoms with van der Waals surface area (Å²) in [7, 11) is -2.13. The van der Waals surface area contributed by atoms with Gasteiger partial charge in [0.05, 0.1) is 12.8 Å². The third-order valence-corrected chi connectivity index (χ3v) is 4.10. The minimum absolute atomic E-state index is 0.0573. The number of nitrogens with one attached hydrogen (secondary N) is 1. The molecular weight excluding hydrogens is 278 g/mol. The van der Waals surface area contributed by atoms with E-state index in [4.69, 9.17) is 10.5 Å². The lowest BCUT2D eigenvalue weighted by Crippen LogP contribution is -2.14. The van der Waals surface area contributed by atoms with Gasteiger partial charge in [0.1, 0.15) is 16.5 Å². The first kappa shape index (κ1) is 14.1. The van der Waals surface area contributed by atoms with E-state index < -0.39 is 10.0 Å². The summed E-state index contributed by atoms with van der Waals surface area (Å²) in [6, 6.07) is 7.93. The van der Waals surface area contributed by atoms with Gasteiger partial charge in [-0.2, -0.15) is 0 Å². The molecule has 106 valence electrons. The molecular formula is C13H15N3O3S. The molecule has 0 fully saturated rings. The Balaban J connectivity index is 2.31. The van der Waals surface area contributed by atoms with Gasteiger partial charge in [-0.3, -0.25) is 4.72 Å². The van der Waals surface area contributed by atoms with Gasteiger partial charge in [-0.25, -0.2) is 13.4 Å². The summed E-state index contributed by atoms with van der Waals surface area (Å²) in [6.45, 7) is 1.79. The molecule has 2 aromatic rings. The van der Waals surface area contributed by atoms with Crippen LogP contribution in [-0.2, 0) is 10.0 Å². The number of anilines is 2. The quantitative estimate of drug-likeness (QED) is 0.896. The summed E-state index contributed by atoms with van der Waals surface area (Å²) in [6.07, 6.45) is 1.22. The molecule has 20 heavy (non-hydrogen) atoms. The van der Waals surface area contributed by atoms with E-state index in [2.05, 4.69) is 9.71 Å². The Bertz CT molecular complexity index is 712. The van der Waals surface area contributed by atoms with Crippen molar-refractivity contribution in [3.05, 3.63) is 42.1 Å². The number of methoxy groups -OCH3 is 1. The Hall–Kier alpha value is -2.28. The summed E-state index contributed by atoms with van der Waals surface area (Å²) in [5.74, 6) is 0.934. The summed E-state index contributed by atoms with van der Waals surface area (Å²) in [4.78, 5) is 3.83. The maximum atomic E-state index is 12.2. The van der Waals surface area contributed by atoms with E-state index in [1.807, 2.05) is 0 Å². The van der Waals surface area contributed by atoms with Crippen molar-refractivity contribution in [1.82, 2.24) is 4.98 Å². The fourth-order valence-electron chi connectivity index (χ4n) is 1.63. The molecule has 0 amide bonds. The van der Waals surface area contributed by atoms with Crippen LogP contribution in [0.1, 0.15) is 5.56 Å². The van der Waals surface area contributed by atoms with Crippen LogP contribution in [0.3, 0.4) is 0 Å². The van der Waals surface area contributed by atoms with E-state index in [0.29, 0.717) is 11.4 Å². The topological polar surface area (TPSA) is 94.3 Å². The number of rotatable bonds is 4. The Morgan fingerprint density at radius 2 is 2.00 bits per heavy atom. The largest absolute Gasteiger partial charge is 0.497 e. The maximum absolute atomic E-state index is 12.2. The molecule has 0 aliphatic carbocycles. The van der Waals surface area contributed by atoms with Crippen LogP contribution in [0, 0.1) is 6.92 Å². The highest BCUT2D eigenvalue weighted by atomic mass is 32.2. The first-order chi connectivity index (χ1) is 9.42. The molecule has 0 radical (unpaired) electrons. The van der Waals surface area contributed by atoms with E-state index in [-0.39, 0.29) is 10.7 Å². The van der Waals surface area contributed by atoms with Gasteiger partial charge in [-0.1, -0.05) is 0 Å². The molecule has 0 bridgehead atoms. The standard InChI is InChI=1S/C13H15N3O3S/c1-9-7-10(19-2)3-5-12(9)16-20(17,18)11-4-6-13(14)15-8-11/h3-8,16H,1-2H3,(H2,14,15). The number of aryl methyl sites for hydroxylation is 1. The summed E-state index contributed by atoms with van der Waals surface area (Å²) >= 11 is 0. The minimum Gasteiger partial charge on any atom is -0.497 e. The first-order valence-electron chi connectivity index (χ1n) is 5.81. The predicted molar refractivity (Wildman–Crippen MR) is 77.2 cm³/mol. The molecule has 2 rings (SSSR count). The second-order valence-corrected chi connectivity index (χ2v) is 5.89. The molecule has 0 spiro atoms. The number of nitrogen functional groups attached to an aromatic ring is 1. The number of benzene rings is 1. The monoisotopic (exact) mass is 293 g/mol. The Kier molecular flexibility index (Phi) is 3.80. The highest BCUT2D eigenvalue weighted by Crippen LogP contribution is 2.23. The number of hydrogen-bond acceptors (Lipinski definition) is 5. The van der Waals surface area contributed by atoms with E-state index >= 15 is 0 Å². The van der Waals surface area contributed by atoms with Crippen molar-refractivity contribution < 1.29 is 13.2 Å². The second kappa shape index (κ2) is 5.38. The third kappa shape index (κ3) is 3.00. The number of sulfonamides is 1. The van der Waals surface area contributed by atoms with E-state index in [1.54, 1.807) is 32.2 Å². The fourth-order valence-corrected chi connectivity index (χ4v) is 2.71. The van der Waals surface area contributed by atoms with E-state index in [1.165, 1.54) is 18.3 Å². The summed E-state index contributed by atoms with van der Waals surface area (Å²) in [5, 5.41) is 0. The van der Waals surface area contributed by atoms with Crippen LogP contribution in [-0.4, -0.2) is 20.5 Å². The van der Waals surface area contributed by atoms with Gasteiger partial charge in [-0.15, -0.1) is 0 Å². The summed E-state index contributed by atoms with van der Waals surface area (Å²) < 4.78 is 32.0. The molecule has 1 aromatic heterocycles. The number of hydrogen-bond donors (Lipinski definition) is 2. The van der Waals surface area contributed by atoms with Crippen LogP contribution in [0.2, 0.25) is 0 Å². The molecule has 7 heteroatoms. The lowest BCUT2D eigenvalue weighted by atomic mass is 10.2. The normalized spacial score (nSPS) is 11.1. The second-order valence-electron chi connectivity index (χ2n) is 4.21. The van der Waals surface area contributed by atoms with Crippen LogP contribution < -0.4 is 15.2 Å². The van der Waals surface area contributed by atoms with Crippen LogP contribution in [0.15, 0.2) is 41.4 Å². The Morgan fingerprint density at radius 3 is 2.55 bits per heavy atom. The van der Waals surface area contributed by atoms with Gasteiger partial charge in [0, 0.05) is 6.20 Å². The predicted octanol–water partition coefficient (Wildman–Crippen LogP) is 1.78. The SMILES string of the molecule is COc1ccc(NS(=O)(=O)c2ccc(N)nc2)c(C)c1. The van der Waals surface area contributed by atoms with E-state index in [9.17, 15) is 8.42 Å². The number of nitrogens with two attached hydrogens (primary N) is 1. The van der Waals surface area contributed by atoms with Crippen LogP contribution in [0.4, 0.5) is 11.5 Å². The van der Waals surface area contributed by atoms with Crippen LogP contribution in [0.5, 0.6) is 5.75 Å². The molecule has 3 N–H and O–H groups in total. The average Bonchev–Trinajstić information content (AvgIpc) is 2.41. The fraction of sp³-hybridized carbons (Fsp3) is 0.154. The van der Waals surface area contributed by atoms with Gasteiger partial charge >= 0.3 is 0 Å². The zero-order valence-electron chi connectivity index (χ0n) is 11.1. The van der Waals surface area contributed by atoms with Gasteiger partial charge in [0.2, 0.25) is 0 Å². The molecule has 0 saturated carbocycles. The van der Waals surface area contributed by atoms with Crippen LogP contribution >= 0.6 is 0 Å². The highest BCUT2D eigenvalue weighted by Gasteiger charge is 2.15. The molecule has 6 nitrogen and oxygen atoms in total. The molecule has 0 aliphatic heterocycles. The van der Waals surface area contributed by atoms with Crippen molar-refractivity contribution in [2.24, 2.45) is 0 Å². The lowest BCUT2D eigenvalue weighted by Gasteiger charge is -2.11.